The van der Waals surface area contributed by atoms with E-state index in [-0.39, 0.29) is 21.5 Å². The first kappa shape index (κ1) is 13.3. The average molecular weight is 314 g/mol. The van der Waals surface area contributed by atoms with E-state index in [4.69, 9.17) is 11.1 Å². The molecule has 1 fully saturated rings. The van der Waals surface area contributed by atoms with Gasteiger partial charge in [0.15, 0.2) is 5.82 Å². The SMILES string of the molecule is CC1(C)CCN(c2ccc(C(=N)N)c(Br)c2F)C1. The first-order chi connectivity index (χ1) is 8.32. The Morgan fingerprint density at radius 2 is 2.17 bits per heavy atom. The molecular weight excluding hydrogens is 297 g/mol. The van der Waals surface area contributed by atoms with Gasteiger partial charge in [0.05, 0.1) is 10.2 Å². The monoisotopic (exact) mass is 313 g/mol. The maximum atomic E-state index is 14.3. The molecule has 0 aromatic heterocycles. The highest BCUT2D eigenvalue weighted by molar-refractivity contribution is 9.10. The van der Waals surface area contributed by atoms with Gasteiger partial charge in [-0.15, -0.1) is 0 Å². The molecule has 1 heterocycles. The lowest BCUT2D eigenvalue weighted by molar-refractivity contribution is 0.418. The van der Waals surface area contributed by atoms with Gasteiger partial charge in [0.25, 0.3) is 0 Å². The van der Waals surface area contributed by atoms with E-state index < -0.39 is 0 Å². The van der Waals surface area contributed by atoms with Gasteiger partial charge in [-0.05, 0) is 39.9 Å². The number of benzene rings is 1. The lowest BCUT2D eigenvalue weighted by Crippen LogP contribution is -2.24. The normalized spacial score (nSPS) is 18.1. The van der Waals surface area contributed by atoms with Crippen LogP contribution in [0.2, 0.25) is 0 Å². The minimum atomic E-state index is -0.333. The molecule has 1 aromatic rings. The fraction of sp³-hybridized carbons (Fsp3) is 0.462. The van der Waals surface area contributed by atoms with Gasteiger partial charge in [-0.1, -0.05) is 13.8 Å². The minimum absolute atomic E-state index is 0.130. The Labute approximate surface area is 115 Å². The summed E-state index contributed by atoms with van der Waals surface area (Å²) in [5.74, 6) is -0.463. The Morgan fingerprint density at radius 3 is 2.67 bits per heavy atom. The van der Waals surface area contributed by atoms with Crippen molar-refractivity contribution in [1.29, 1.82) is 5.41 Å². The summed E-state index contributed by atoms with van der Waals surface area (Å²) in [4.78, 5) is 2.05. The first-order valence-electron chi connectivity index (χ1n) is 5.89. The van der Waals surface area contributed by atoms with Crippen molar-refractivity contribution in [2.75, 3.05) is 18.0 Å². The van der Waals surface area contributed by atoms with Gasteiger partial charge in [-0.3, -0.25) is 5.41 Å². The molecule has 0 radical (unpaired) electrons. The predicted octanol–water partition coefficient (Wildman–Crippen LogP) is 3.11. The summed E-state index contributed by atoms with van der Waals surface area (Å²) in [6, 6.07) is 3.40. The van der Waals surface area contributed by atoms with Gasteiger partial charge in [0.2, 0.25) is 0 Å². The van der Waals surface area contributed by atoms with Crippen LogP contribution < -0.4 is 10.6 Å². The second kappa shape index (κ2) is 4.53. The van der Waals surface area contributed by atoms with Gasteiger partial charge in [0, 0.05) is 18.7 Å². The van der Waals surface area contributed by atoms with E-state index in [1.807, 2.05) is 4.90 Å². The van der Waals surface area contributed by atoms with Crippen molar-refractivity contribution in [3.8, 4) is 0 Å². The van der Waals surface area contributed by atoms with E-state index in [1.54, 1.807) is 12.1 Å². The van der Waals surface area contributed by atoms with Crippen LogP contribution >= 0.6 is 15.9 Å². The highest BCUT2D eigenvalue weighted by Gasteiger charge is 2.31. The predicted molar refractivity (Wildman–Crippen MR) is 75.7 cm³/mol. The number of rotatable bonds is 2. The number of nitrogens with one attached hydrogen (secondary N) is 1. The highest BCUT2D eigenvalue weighted by Crippen LogP contribution is 2.36. The van der Waals surface area contributed by atoms with Crippen molar-refractivity contribution >= 4 is 27.5 Å². The lowest BCUT2D eigenvalue weighted by atomic mass is 9.93. The minimum Gasteiger partial charge on any atom is -0.384 e. The van der Waals surface area contributed by atoms with Gasteiger partial charge >= 0.3 is 0 Å². The Hall–Kier alpha value is -1.10. The molecule has 98 valence electrons. The standard InChI is InChI=1S/C13H17BrFN3/c1-13(2)5-6-18(7-13)9-4-3-8(12(16)17)10(14)11(9)15/h3-4H,5-7H2,1-2H3,(H3,16,17). The molecule has 1 saturated heterocycles. The van der Waals surface area contributed by atoms with Crippen molar-refractivity contribution in [2.45, 2.75) is 20.3 Å². The lowest BCUT2D eigenvalue weighted by Gasteiger charge is -2.23. The van der Waals surface area contributed by atoms with Crippen molar-refractivity contribution in [2.24, 2.45) is 11.1 Å². The number of nitrogens with zero attached hydrogens (tertiary/aromatic N) is 1. The Morgan fingerprint density at radius 1 is 1.50 bits per heavy atom. The maximum absolute atomic E-state index is 14.3. The summed E-state index contributed by atoms with van der Waals surface area (Å²) < 4.78 is 14.6. The van der Waals surface area contributed by atoms with E-state index in [9.17, 15) is 4.39 Å². The van der Waals surface area contributed by atoms with Gasteiger partial charge in [0.1, 0.15) is 5.84 Å². The summed E-state index contributed by atoms with van der Waals surface area (Å²) in [5, 5.41) is 7.38. The zero-order chi connectivity index (χ0) is 13.5. The molecule has 3 nitrogen and oxygen atoms in total. The number of hydrogen-bond donors (Lipinski definition) is 2. The van der Waals surface area contributed by atoms with E-state index >= 15 is 0 Å². The van der Waals surface area contributed by atoms with Crippen LogP contribution in [0.4, 0.5) is 10.1 Å². The zero-order valence-electron chi connectivity index (χ0n) is 10.6. The van der Waals surface area contributed by atoms with Crippen LogP contribution in [0.5, 0.6) is 0 Å². The van der Waals surface area contributed by atoms with Crippen molar-refractivity contribution in [3.63, 3.8) is 0 Å². The van der Waals surface area contributed by atoms with Crippen LogP contribution in [0.1, 0.15) is 25.8 Å². The molecule has 0 atom stereocenters. The number of halogens is 2. The van der Waals surface area contributed by atoms with Crippen molar-refractivity contribution in [1.82, 2.24) is 0 Å². The molecule has 5 heteroatoms. The Bertz CT molecular complexity index is 499. The fourth-order valence-electron chi connectivity index (χ4n) is 2.31. The van der Waals surface area contributed by atoms with Gasteiger partial charge in [-0.2, -0.15) is 0 Å². The quantitative estimate of drug-likeness (QED) is 0.651. The molecule has 0 amide bonds. The zero-order valence-corrected chi connectivity index (χ0v) is 12.1. The van der Waals surface area contributed by atoms with Crippen LogP contribution in [-0.4, -0.2) is 18.9 Å². The topological polar surface area (TPSA) is 53.1 Å². The molecule has 1 aromatic carbocycles. The summed E-state index contributed by atoms with van der Waals surface area (Å²) in [5.41, 5.74) is 6.60. The number of hydrogen-bond acceptors (Lipinski definition) is 2. The molecule has 1 aliphatic heterocycles. The van der Waals surface area contributed by atoms with E-state index in [0.29, 0.717) is 11.3 Å². The summed E-state index contributed by atoms with van der Waals surface area (Å²) in [6.45, 7) is 6.07. The van der Waals surface area contributed by atoms with Crippen LogP contribution in [-0.2, 0) is 0 Å². The molecule has 18 heavy (non-hydrogen) atoms. The molecule has 1 aliphatic rings. The second-order valence-corrected chi connectivity index (χ2v) is 6.30. The smallest absolute Gasteiger partial charge is 0.161 e. The van der Waals surface area contributed by atoms with Crippen LogP contribution in [0.25, 0.3) is 0 Å². The summed E-state index contributed by atoms with van der Waals surface area (Å²) in [6.07, 6.45) is 1.05. The van der Waals surface area contributed by atoms with Crippen molar-refractivity contribution < 1.29 is 4.39 Å². The van der Waals surface area contributed by atoms with Gasteiger partial charge < -0.3 is 10.6 Å². The highest BCUT2D eigenvalue weighted by atomic mass is 79.9. The van der Waals surface area contributed by atoms with Crippen LogP contribution in [0, 0.1) is 16.6 Å². The van der Waals surface area contributed by atoms with Gasteiger partial charge in [-0.25, -0.2) is 4.39 Å². The number of nitrogens with two attached hydrogens (primary N) is 1. The molecule has 0 bridgehead atoms. The second-order valence-electron chi connectivity index (χ2n) is 5.51. The Kier molecular flexibility index (Phi) is 3.36. The fourth-order valence-corrected chi connectivity index (χ4v) is 2.86. The van der Waals surface area contributed by atoms with E-state index in [2.05, 4.69) is 29.8 Å². The number of amidine groups is 1. The third-order valence-electron chi connectivity index (χ3n) is 3.37. The molecule has 0 spiro atoms. The molecule has 2 rings (SSSR count). The molecule has 0 aliphatic carbocycles. The third kappa shape index (κ3) is 2.36. The van der Waals surface area contributed by atoms with Crippen LogP contribution in [0.15, 0.2) is 16.6 Å². The largest absolute Gasteiger partial charge is 0.384 e. The number of anilines is 1. The average Bonchev–Trinajstić information content (AvgIpc) is 2.62. The van der Waals surface area contributed by atoms with E-state index in [0.717, 1.165) is 19.5 Å². The van der Waals surface area contributed by atoms with E-state index in [1.165, 1.54) is 0 Å². The number of nitrogen functional groups attached to an aromatic ring is 1. The Balaban J connectivity index is 2.37. The van der Waals surface area contributed by atoms with Crippen molar-refractivity contribution in [3.05, 3.63) is 28.0 Å². The molecule has 0 saturated carbocycles. The maximum Gasteiger partial charge on any atom is 0.161 e. The first-order valence-corrected chi connectivity index (χ1v) is 6.68. The van der Waals surface area contributed by atoms with Crippen LogP contribution in [0.3, 0.4) is 0 Å². The molecule has 0 unspecified atom stereocenters. The summed E-state index contributed by atoms with van der Waals surface area (Å²) >= 11 is 3.18. The molecular formula is C13H17BrFN3. The summed E-state index contributed by atoms with van der Waals surface area (Å²) in [7, 11) is 0. The third-order valence-corrected chi connectivity index (χ3v) is 4.15. The molecule has 3 N–H and O–H groups in total.